The van der Waals surface area contributed by atoms with Gasteiger partial charge in [0.15, 0.2) is 11.6 Å². The summed E-state index contributed by atoms with van der Waals surface area (Å²) >= 11 is 0. The van der Waals surface area contributed by atoms with Gasteiger partial charge in [-0.25, -0.2) is 19.3 Å². The van der Waals surface area contributed by atoms with E-state index in [-0.39, 0.29) is 29.4 Å². The van der Waals surface area contributed by atoms with E-state index in [1.165, 1.54) is 0 Å². The van der Waals surface area contributed by atoms with Crippen LogP contribution in [-0.2, 0) is 0 Å². The Labute approximate surface area is 194 Å². The third-order valence-electron chi connectivity index (χ3n) is 6.39. The van der Waals surface area contributed by atoms with Crippen molar-refractivity contribution in [1.29, 1.82) is 0 Å². The number of rotatable bonds is 7. The Bertz CT molecular complexity index is 1140. The van der Waals surface area contributed by atoms with Crippen LogP contribution in [0.15, 0.2) is 36.7 Å². The van der Waals surface area contributed by atoms with Crippen LogP contribution in [-0.4, -0.2) is 50.3 Å². The van der Waals surface area contributed by atoms with Crippen LogP contribution < -0.4 is 5.32 Å². The van der Waals surface area contributed by atoms with E-state index < -0.39 is 5.82 Å². The first-order valence-electron chi connectivity index (χ1n) is 11.4. The summed E-state index contributed by atoms with van der Waals surface area (Å²) in [5, 5.41) is 3.10. The molecule has 2 heterocycles. The fourth-order valence-corrected chi connectivity index (χ4v) is 4.48. The van der Waals surface area contributed by atoms with E-state index in [1.54, 1.807) is 6.20 Å². The number of halogens is 1. The maximum absolute atomic E-state index is 14.5. The van der Waals surface area contributed by atoms with Crippen LogP contribution in [0.4, 0.5) is 16.0 Å². The van der Waals surface area contributed by atoms with E-state index >= 15 is 0 Å². The second-order valence-corrected chi connectivity index (χ2v) is 9.26. The molecule has 3 aromatic rings. The molecule has 1 aliphatic rings. The van der Waals surface area contributed by atoms with Crippen molar-refractivity contribution in [2.24, 2.45) is 5.92 Å². The zero-order valence-corrected chi connectivity index (χ0v) is 19.8. The lowest BCUT2D eigenvalue weighted by molar-refractivity contribution is 0.0918. The molecular weight excluding hydrogens is 419 g/mol. The van der Waals surface area contributed by atoms with E-state index in [4.69, 9.17) is 0 Å². The summed E-state index contributed by atoms with van der Waals surface area (Å²) in [4.78, 5) is 28.0. The minimum atomic E-state index is -0.525. The predicted octanol–water partition coefficient (Wildman–Crippen LogP) is 5.03. The Balaban J connectivity index is 1.48. The zero-order chi connectivity index (χ0) is 23.7. The van der Waals surface area contributed by atoms with Crippen molar-refractivity contribution in [3.63, 3.8) is 0 Å². The van der Waals surface area contributed by atoms with Crippen molar-refractivity contribution in [3.8, 4) is 11.4 Å². The summed E-state index contributed by atoms with van der Waals surface area (Å²) in [7, 11) is 4.13. The Hall–Kier alpha value is -3.13. The van der Waals surface area contributed by atoms with Crippen molar-refractivity contribution < 1.29 is 9.18 Å². The molecule has 33 heavy (non-hydrogen) atoms. The monoisotopic (exact) mass is 450 g/mol. The van der Waals surface area contributed by atoms with Crippen molar-refractivity contribution in [3.05, 3.63) is 53.9 Å². The molecule has 1 fully saturated rings. The van der Waals surface area contributed by atoms with Gasteiger partial charge in [-0.2, -0.15) is 0 Å². The summed E-state index contributed by atoms with van der Waals surface area (Å²) in [5.74, 6) is 0.817. The number of nitrogens with zero attached hydrogens (tertiary/aromatic N) is 5. The largest absolute Gasteiger partial charge is 0.332 e. The molecule has 1 aromatic carbocycles. The molecule has 2 aromatic heterocycles. The van der Waals surface area contributed by atoms with Crippen molar-refractivity contribution in [1.82, 2.24) is 24.4 Å². The van der Waals surface area contributed by atoms with Crippen LogP contribution in [0.25, 0.3) is 11.4 Å². The van der Waals surface area contributed by atoms with Gasteiger partial charge in [-0.05, 0) is 78.4 Å². The van der Waals surface area contributed by atoms with Gasteiger partial charge in [-0.15, -0.1) is 0 Å². The lowest BCUT2D eigenvalue weighted by Crippen LogP contribution is -2.25. The number of Topliss-reactive ketones (excluding diaryl/α,β-unsaturated/α-hetero) is 1. The maximum atomic E-state index is 14.5. The number of carbonyl (C=O) groups is 1. The van der Waals surface area contributed by atoms with E-state index in [1.807, 2.05) is 49.6 Å². The highest BCUT2D eigenvalue weighted by molar-refractivity contribution is 5.98. The molecule has 0 saturated heterocycles. The third-order valence-corrected chi connectivity index (χ3v) is 6.39. The van der Waals surface area contributed by atoms with Gasteiger partial charge < -0.3 is 14.8 Å². The Morgan fingerprint density at radius 2 is 1.91 bits per heavy atom. The lowest BCUT2D eigenvalue weighted by Gasteiger charge is -2.18. The second kappa shape index (κ2) is 9.39. The number of hydrogen-bond acceptors (Lipinski definition) is 6. The van der Waals surface area contributed by atoms with Crippen molar-refractivity contribution in [2.75, 3.05) is 19.4 Å². The van der Waals surface area contributed by atoms with Crippen LogP contribution in [0, 0.1) is 18.7 Å². The molecule has 2 atom stereocenters. The fraction of sp³-hybridized carbons (Fsp3) is 0.440. The topological polar surface area (TPSA) is 75.9 Å². The minimum Gasteiger partial charge on any atom is -0.332 e. The van der Waals surface area contributed by atoms with Gasteiger partial charge in [-0.3, -0.25) is 4.79 Å². The molecule has 7 nitrogen and oxygen atoms in total. The molecule has 0 bridgehead atoms. The second-order valence-electron chi connectivity index (χ2n) is 9.26. The molecule has 0 spiro atoms. The molecule has 1 N–H and O–H groups in total. The molecule has 1 unspecified atom stereocenters. The molecule has 0 amide bonds. The number of benzene rings is 1. The van der Waals surface area contributed by atoms with Crippen LogP contribution in [0.5, 0.6) is 0 Å². The first kappa shape index (κ1) is 23.0. The van der Waals surface area contributed by atoms with Crippen LogP contribution in [0.2, 0.25) is 0 Å². The minimum absolute atomic E-state index is 0.0771. The molecule has 8 heteroatoms. The van der Waals surface area contributed by atoms with Gasteiger partial charge in [0.05, 0.1) is 6.20 Å². The zero-order valence-electron chi connectivity index (χ0n) is 19.8. The number of aromatic nitrogens is 4. The lowest BCUT2D eigenvalue weighted by atomic mass is 9.96. The summed E-state index contributed by atoms with van der Waals surface area (Å²) in [5.41, 5.74) is 2.06. The van der Waals surface area contributed by atoms with Gasteiger partial charge in [0.25, 0.3) is 0 Å². The fourth-order valence-electron chi connectivity index (χ4n) is 4.48. The van der Waals surface area contributed by atoms with Crippen LogP contribution in [0.1, 0.15) is 55.3 Å². The molecule has 4 rings (SSSR count). The summed E-state index contributed by atoms with van der Waals surface area (Å²) in [6, 6.07) is 8.00. The molecule has 174 valence electrons. The maximum Gasteiger partial charge on any atom is 0.227 e. The Kier molecular flexibility index (Phi) is 6.56. The first-order chi connectivity index (χ1) is 15.7. The molecule has 1 aliphatic carbocycles. The van der Waals surface area contributed by atoms with Gasteiger partial charge in [0, 0.05) is 35.4 Å². The normalized spacial score (nSPS) is 18.3. The van der Waals surface area contributed by atoms with E-state index in [2.05, 4.69) is 39.3 Å². The predicted molar refractivity (Wildman–Crippen MR) is 127 cm³/mol. The SMILES string of the molecule is Cc1nc(-c2nc(Nc3ccc(C(=O)C4CC[C@H](N(C)C)C4)cc3)ncc2F)cn1C(C)C. The van der Waals surface area contributed by atoms with Gasteiger partial charge in [-0.1, -0.05) is 0 Å². The average molecular weight is 451 g/mol. The summed E-state index contributed by atoms with van der Waals surface area (Å²) in [6.45, 7) is 5.98. The third kappa shape index (κ3) is 4.95. The standard InChI is InChI=1S/C25H31FN6O/c1-15(2)32-14-22(28-16(32)3)23-21(26)13-27-25(30-23)29-19-9-6-17(7-10-19)24(33)18-8-11-20(12-18)31(4)5/h6-7,9-10,13-15,18,20H,8,11-12H2,1-5H3,(H,27,29,30)/t18?,20-/m0/s1. The van der Waals surface area contributed by atoms with E-state index in [0.717, 1.165) is 37.0 Å². The highest BCUT2D eigenvalue weighted by atomic mass is 19.1. The van der Waals surface area contributed by atoms with Crippen molar-refractivity contribution >= 4 is 17.4 Å². The molecule has 0 radical (unpaired) electrons. The van der Waals surface area contributed by atoms with E-state index in [9.17, 15) is 9.18 Å². The Morgan fingerprint density at radius 1 is 1.18 bits per heavy atom. The number of nitrogens with one attached hydrogen (secondary N) is 1. The summed E-state index contributed by atoms with van der Waals surface area (Å²) < 4.78 is 16.4. The number of anilines is 2. The number of ketones is 1. The number of aryl methyl sites for hydroxylation is 1. The molecule has 0 aliphatic heterocycles. The number of carbonyl (C=O) groups excluding carboxylic acids is 1. The van der Waals surface area contributed by atoms with Gasteiger partial charge >= 0.3 is 0 Å². The average Bonchev–Trinajstić information content (AvgIpc) is 3.42. The molecular formula is C25H31FN6O. The number of hydrogen-bond donors (Lipinski definition) is 1. The smallest absolute Gasteiger partial charge is 0.227 e. The molecule has 1 saturated carbocycles. The Morgan fingerprint density at radius 3 is 2.52 bits per heavy atom. The first-order valence-corrected chi connectivity index (χ1v) is 11.4. The highest BCUT2D eigenvalue weighted by Crippen LogP contribution is 2.31. The van der Waals surface area contributed by atoms with Crippen LogP contribution >= 0.6 is 0 Å². The summed E-state index contributed by atoms with van der Waals surface area (Å²) in [6.07, 6.45) is 5.85. The highest BCUT2D eigenvalue weighted by Gasteiger charge is 2.31. The van der Waals surface area contributed by atoms with Gasteiger partial charge in [0.1, 0.15) is 17.2 Å². The van der Waals surface area contributed by atoms with Gasteiger partial charge in [0.2, 0.25) is 5.95 Å². The number of imidazole rings is 1. The van der Waals surface area contributed by atoms with E-state index in [0.29, 0.717) is 17.3 Å². The quantitative estimate of drug-likeness (QED) is 0.509. The van der Waals surface area contributed by atoms with Crippen molar-refractivity contribution in [2.45, 2.75) is 52.1 Å². The van der Waals surface area contributed by atoms with Crippen LogP contribution in [0.3, 0.4) is 0 Å².